The minimum atomic E-state index is -2.09. The predicted octanol–water partition coefficient (Wildman–Crippen LogP) is 3.47. The van der Waals surface area contributed by atoms with Crippen molar-refractivity contribution in [1.29, 1.82) is 0 Å². The molecule has 2 aromatic carbocycles. The smallest absolute Gasteiger partial charge is 0.259 e. The van der Waals surface area contributed by atoms with E-state index >= 15 is 0 Å². The molecule has 22 heavy (non-hydrogen) atoms. The second-order valence-corrected chi connectivity index (χ2v) is 6.06. The molecular formula is C15H18N2O3S2. The van der Waals surface area contributed by atoms with E-state index in [1.54, 1.807) is 30.0 Å². The van der Waals surface area contributed by atoms with Gasteiger partial charge >= 0.3 is 0 Å². The monoisotopic (exact) mass is 338 g/mol. The van der Waals surface area contributed by atoms with Gasteiger partial charge < -0.3 is 10.1 Å². The topological polar surface area (TPSA) is 70.6 Å². The van der Waals surface area contributed by atoms with Crippen LogP contribution in [0.15, 0.2) is 47.4 Å². The molecule has 0 fully saturated rings. The van der Waals surface area contributed by atoms with Gasteiger partial charge in [-0.3, -0.25) is 9.27 Å². The van der Waals surface area contributed by atoms with Gasteiger partial charge in [0.05, 0.1) is 0 Å². The summed E-state index contributed by atoms with van der Waals surface area (Å²) in [7, 11) is 1.83. The maximum atomic E-state index is 10.8. The highest BCUT2D eigenvalue weighted by atomic mass is 32.2. The maximum absolute atomic E-state index is 10.8. The van der Waals surface area contributed by atoms with Gasteiger partial charge in [0.25, 0.3) is 11.3 Å². The normalized spacial score (nSPS) is 12.0. The third-order valence-corrected chi connectivity index (χ3v) is 4.07. The van der Waals surface area contributed by atoms with Crippen LogP contribution in [-0.2, 0) is 17.8 Å². The SMILES string of the molecule is CNCc1cc(NS(=O)O)ccc1Oc1ccc(SC)cc1. The number of hydrogen-bond acceptors (Lipinski definition) is 4. The average Bonchev–Trinajstić information content (AvgIpc) is 2.50. The number of thioether (sulfide) groups is 1. The summed E-state index contributed by atoms with van der Waals surface area (Å²) in [5.74, 6) is 1.46. The number of anilines is 1. The molecule has 2 aromatic rings. The van der Waals surface area contributed by atoms with Crippen LogP contribution < -0.4 is 14.8 Å². The van der Waals surface area contributed by atoms with Crippen LogP contribution in [0.3, 0.4) is 0 Å². The fourth-order valence-electron chi connectivity index (χ4n) is 1.94. The Bertz CT molecular complexity index is 648. The van der Waals surface area contributed by atoms with E-state index in [9.17, 15) is 4.21 Å². The molecule has 1 atom stereocenters. The van der Waals surface area contributed by atoms with Gasteiger partial charge in [-0.05, 0) is 55.8 Å². The lowest BCUT2D eigenvalue weighted by molar-refractivity contribution is 0.474. The van der Waals surface area contributed by atoms with Gasteiger partial charge in [-0.2, -0.15) is 0 Å². The lowest BCUT2D eigenvalue weighted by Gasteiger charge is -2.13. The number of hydrogen-bond donors (Lipinski definition) is 3. The van der Waals surface area contributed by atoms with E-state index in [1.807, 2.05) is 37.6 Å². The molecule has 0 aliphatic rings. The van der Waals surface area contributed by atoms with Crippen LogP contribution in [0.2, 0.25) is 0 Å². The van der Waals surface area contributed by atoms with Crippen LogP contribution in [0.4, 0.5) is 5.69 Å². The number of benzene rings is 2. The van der Waals surface area contributed by atoms with Crippen molar-refractivity contribution in [3.63, 3.8) is 0 Å². The van der Waals surface area contributed by atoms with Gasteiger partial charge in [0, 0.05) is 22.7 Å². The Morgan fingerprint density at radius 2 is 1.95 bits per heavy atom. The molecule has 0 saturated carbocycles. The molecule has 7 heteroatoms. The summed E-state index contributed by atoms with van der Waals surface area (Å²) in [5.41, 5.74) is 1.46. The van der Waals surface area contributed by atoms with E-state index in [0.717, 1.165) is 11.3 Å². The van der Waals surface area contributed by atoms with Gasteiger partial charge in [0.15, 0.2) is 0 Å². The Hall–Kier alpha value is -1.54. The van der Waals surface area contributed by atoms with E-state index < -0.39 is 11.3 Å². The molecule has 0 aliphatic heterocycles. The molecule has 0 amide bonds. The van der Waals surface area contributed by atoms with E-state index in [1.165, 1.54) is 4.90 Å². The Morgan fingerprint density at radius 1 is 1.23 bits per heavy atom. The molecule has 1 unspecified atom stereocenters. The van der Waals surface area contributed by atoms with Crippen molar-refractivity contribution in [2.75, 3.05) is 18.0 Å². The van der Waals surface area contributed by atoms with Crippen LogP contribution in [0, 0.1) is 0 Å². The summed E-state index contributed by atoms with van der Waals surface area (Å²) >= 11 is -0.414. The molecule has 118 valence electrons. The first-order valence-corrected chi connectivity index (χ1v) is 8.92. The molecule has 0 saturated heterocycles. The van der Waals surface area contributed by atoms with Crippen LogP contribution in [0.1, 0.15) is 5.56 Å². The molecule has 0 spiro atoms. The standard InChI is InChI=1S/C15H18N2O3S2/c1-16-10-11-9-12(17-22(18)19)3-8-15(11)20-13-4-6-14(21-2)7-5-13/h3-9,16-17H,10H2,1-2H3,(H,18,19). The van der Waals surface area contributed by atoms with Crippen molar-refractivity contribution < 1.29 is 13.5 Å². The number of ether oxygens (including phenoxy) is 1. The summed E-state index contributed by atoms with van der Waals surface area (Å²) in [6.07, 6.45) is 2.03. The van der Waals surface area contributed by atoms with Gasteiger partial charge in [0.2, 0.25) is 0 Å². The summed E-state index contributed by atoms with van der Waals surface area (Å²) in [5, 5.41) is 3.06. The summed E-state index contributed by atoms with van der Waals surface area (Å²) in [4.78, 5) is 1.17. The van der Waals surface area contributed by atoms with Crippen LogP contribution in [0.5, 0.6) is 11.5 Å². The van der Waals surface area contributed by atoms with Crippen molar-refractivity contribution in [2.24, 2.45) is 0 Å². The van der Waals surface area contributed by atoms with E-state index in [0.29, 0.717) is 18.0 Å². The maximum Gasteiger partial charge on any atom is 0.259 e. The van der Waals surface area contributed by atoms with Crippen LogP contribution in [-0.4, -0.2) is 22.1 Å². The molecule has 5 nitrogen and oxygen atoms in total. The zero-order chi connectivity index (χ0) is 15.9. The predicted molar refractivity (Wildman–Crippen MR) is 91.9 cm³/mol. The molecule has 0 bridgehead atoms. The lowest BCUT2D eigenvalue weighted by Crippen LogP contribution is -2.08. The fraction of sp³-hybridized carbons (Fsp3) is 0.200. The average molecular weight is 338 g/mol. The Labute approximate surface area is 136 Å². The molecule has 2 rings (SSSR count). The van der Waals surface area contributed by atoms with Gasteiger partial charge in [0.1, 0.15) is 11.5 Å². The third kappa shape index (κ3) is 4.74. The fourth-order valence-corrected chi connectivity index (χ4v) is 2.68. The Kier molecular flexibility index (Phi) is 6.26. The highest BCUT2D eigenvalue weighted by Gasteiger charge is 2.07. The van der Waals surface area contributed by atoms with E-state index in [4.69, 9.17) is 9.29 Å². The minimum Gasteiger partial charge on any atom is -0.457 e. The summed E-state index contributed by atoms with van der Waals surface area (Å²) in [6, 6.07) is 13.1. The van der Waals surface area contributed by atoms with Gasteiger partial charge in [-0.25, -0.2) is 4.21 Å². The first kappa shape index (κ1) is 16.8. The highest BCUT2D eigenvalue weighted by molar-refractivity contribution is 7.98. The highest BCUT2D eigenvalue weighted by Crippen LogP contribution is 2.29. The first-order valence-electron chi connectivity index (χ1n) is 6.59. The van der Waals surface area contributed by atoms with Crippen molar-refractivity contribution in [2.45, 2.75) is 11.4 Å². The van der Waals surface area contributed by atoms with Gasteiger partial charge in [-0.15, -0.1) is 11.8 Å². The van der Waals surface area contributed by atoms with E-state index in [-0.39, 0.29) is 0 Å². The van der Waals surface area contributed by atoms with Crippen molar-refractivity contribution in [3.8, 4) is 11.5 Å². The minimum absolute atomic E-state index is 0.566. The first-order chi connectivity index (χ1) is 10.6. The summed E-state index contributed by atoms with van der Waals surface area (Å²) in [6.45, 7) is 0.589. The zero-order valence-corrected chi connectivity index (χ0v) is 14.0. The lowest BCUT2D eigenvalue weighted by atomic mass is 10.1. The van der Waals surface area contributed by atoms with Crippen molar-refractivity contribution >= 4 is 28.7 Å². The molecule has 0 aromatic heterocycles. The van der Waals surface area contributed by atoms with Crippen molar-refractivity contribution in [3.05, 3.63) is 48.0 Å². The molecular weight excluding hydrogens is 320 g/mol. The zero-order valence-electron chi connectivity index (χ0n) is 12.3. The quantitative estimate of drug-likeness (QED) is 0.533. The van der Waals surface area contributed by atoms with Crippen LogP contribution in [0.25, 0.3) is 0 Å². The number of nitrogens with one attached hydrogen (secondary N) is 2. The molecule has 3 N–H and O–H groups in total. The van der Waals surface area contributed by atoms with Gasteiger partial charge in [-0.1, -0.05) is 0 Å². The van der Waals surface area contributed by atoms with E-state index in [2.05, 4.69) is 10.0 Å². The molecule has 0 heterocycles. The third-order valence-electron chi connectivity index (χ3n) is 2.92. The molecule has 0 radical (unpaired) electrons. The summed E-state index contributed by atoms with van der Waals surface area (Å²) < 4.78 is 28.1. The molecule has 0 aliphatic carbocycles. The Morgan fingerprint density at radius 3 is 2.55 bits per heavy atom. The second-order valence-electron chi connectivity index (χ2n) is 4.48. The van der Waals surface area contributed by atoms with Crippen molar-refractivity contribution in [1.82, 2.24) is 5.32 Å². The Balaban J connectivity index is 2.22. The van der Waals surface area contributed by atoms with Crippen LogP contribution >= 0.6 is 11.8 Å². The number of rotatable bonds is 7. The largest absolute Gasteiger partial charge is 0.457 e. The second kappa shape index (κ2) is 8.19.